The lowest BCUT2D eigenvalue weighted by Crippen LogP contribution is -2.17. The number of thiazole rings is 1. The molecule has 2 aromatic carbocycles. The normalized spacial score (nSPS) is 12.4. The van der Waals surface area contributed by atoms with Gasteiger partial charge in [0.05, 0.1) is 36.2 Å². The predicted octanol–water partition coefficient (Wildman–Crippen LogP) is 5.82. The van der Waals surface area contributed by atoms with Crippen molar-refractivity contribution in [3.8, 4) is 11.5 Å². The molecule has 5 rings (SSSR count). The Balaban J connectivity index is 1.43. The second kappa shape index (κ2) is 8.37. The van der Waals surface area contributed by atoms with Crippen LogP contribution in [-0.2, 0) is 17.8 Å². The third-order valence-corrected chi connectivity index (χ3v) is 5.94. The number of fused-ring (bicyclic) bond motifs is 2. The number of rotatable bonds is 4. The number of amides is 1. The molecule has 2 aromatic heterocycles. The number of anilines is 3. The van der Waals surface area contributed by atoms with Gasteiger partial charge in [-0.3, -0.25) is 9.78 Å². The Morgan fingerprint density at radius 1 is 1.16 bits per heavy atom. The van der Waals surface area contributed by atoms with Crippen LogP contribution in [0, 0.1) is 0 Å². The van der Waals surface area contributed by atoms with Gasteiger partial charge in [0.2, 0.25) is 5.91 Å². The molecule has 0 radical (unpaired) electrons. The lowest BCUT2D eigenvalue weighted by Gasteiger charge is -2.21. The smallest absolute Gasteiger partial charge is 0.230 e. The molecule has 0 fully saturated rings. The summed E-state index contributed by atoms with van der Waals surface area (Å²) in [5.74, 6) is 1.37. The number of nitrogens with one attached hydrogen (secondary N) is 1. The van der Waals surface area contributed by atoms with Gasteiger partial charge >= 0.3 is 0 Å². The topological polar surface area (TPSA) is 67.4 Å². The van der Waals surface area contributed by atoms with Crippen LogP contribution in [-0.4, -0.2) is 15.9 Å². The maximum atomic E-state index is 12.4. The first-order valence-electron chi connectivity index (χ1n) is 9.63. The molecule has 1 aliphatic heterocycles. The van der Waals surface area contributed by atoms with E-state index < -0.39 is 0 Å². The average molecular weight is 449 g/mol. The molecule has 1 aliphatic rings. The molecule has 0 atom stereocenters. The van der Waals surface area contributed by atoms with Crippen molar-refractivity contribution >= 4 is 45.4 Å². The Kier molecular flexibility index (Phi) is 5.28. The van der Waals surface area contributed by atoms with E-state index in [2.05, 4.69) is 15.2 Å². The summed E-state index contributed by atoms with van der Waals surface area (Å²) in [6, 6.07) is 17.0. The average Bonchev–Trinajstić information content (AvgIpc) is 3.16. The van der Waals surface area contributed by atoms with Crippen molar-refractivity contribution in [1.29, 1.82) is 0 Å². The second-order valence-corrected chi connectivity index (χ2v) is 8.27. The van der Waals surface area contributed by atoms with Crippen molar-refractivity contribution in [3.63, 3.8) is 0 Å². The van der Waals surface area contributed by atoms with Crippen molar-refractivity contribution in [1.82, 2.24) is 9.97 Å². The quantitative estimate of drug-likeness (QED) is 0.426. The summed E-state index contributed by atoms with van der Waals surface area (Å²) in [5.41, 5.74) is 3.24. The van der Waals surface area contributed by atoms with Crippen molar-refractivity contribution in [3.05, 3.63) is 88.7 Å². The van der Waals surface area contributed by atoms with Gasteiger partial charge in [-0.15, -0.1) is 11.3 Å². The standard InChI is InChI=1S/C23H17ClN4O2S/c24-16-7-8-21-19(10-16)28(13-15-4-1-2-6-20(15)30-21)23-27-18(14-31-23)11-22(29)26-17-5-3-9-25-12-17/h1-10,12,14H,11,13H2,(H,26,29). The largest absolute Gasteiger partial charge is 0.455 e. The van der Waals surface area contributed by atoms with Crippen LogP contribution in [0.25, 0.3) is 0 Å². The number of halogens is 1. The molecule has 6 nitrogen and oxygen atoms in total. The van der Waals surface area contributed by atoms with E-state index in [0.29, 0.717) is 28.7 Å². The predicted molar refractivity (Wildman–Crippen MR) is 122 cm³/mol. The van der Waals surface area contributed by atoms with Gasteiger partial charge in [0.25, 0.3) is 0 Å². The van der Waals surface area contributed by atoms with E-state index in [0.717, 1.165) is 22.1 Å². The molecule has 4 aromatic rings. The van der Waals surface area contributed by atoms with Gasteiger partial charge in [-0.1, -0.05) is 29.8 Å². The molecule has 0 spiro atoms. The highest BCUT2D eigenvalue weighted by molar-refractivity contribution is 7.13. The Morgan fingerprint density at radius 3 is 2.94 bits per heavy atom. The minimum Gasteiger partial charge on any atom is -0.455 e. The number of nitrogens with zero attached hydrogens (tertiary/aromatic N) is 3. The summed E-state index contributed by atoms with van der Waals surface area (Å²) in [6.07, 6.45) is 3.45. The number of pyridine rings is 1. The number of hydrogen-bond acceptors (Lipinski definition) is 6. The molecule has 31 heavy (non-hydrogen) atoms. The summed E-state index contributed by atoms with van der Waals surface area (Å²) in [4.78, 5) is 23.2. The molecule has 1 N–H and O–H groups in total. The van der Waals surface area contributed by atoms with Crippen LogP contribution in [0.2, 0.25) is 5.02 Å². The fourth-order valence-electron chi connectivity index (χ4n) is 3.37. The minimum absolute atomic E-state index is 0.141. The van der Waals surface area contributed by atoms with E-state index in [1.54, 1.807) is 24.5 Å². The molecule has 0 unspecified atom stereocenters. The van der Waals surface area contributed by atoms with Crippen molar-refractivity contribution in [2.45, 2.75) is 13.0 Å². The molecule has 1 amide bonds. The zero-order chi connectivity index (χ0) is 21.2. The molecule has 0 saturated carbocycles. The van der Waals surface area contributed by atoms with Crippen LogP contribution in [0.15, 0.2) is 72.4 Å². The Labute approximate surface area is 188 Å². The first-order chi connectivity index (χ1) is 15.2. The maximum Gasteiger partial charge on any atom is 0.230 e. The highest BCUT2D eigenvalue weighted by atomic mass is 35.5. The fourth-order valence-corrected chi connectivity index (χ4v) is 4.38. The van der Waals surface area contributed by atoms with Gasteiger partial charge in [-0.05, 0) is 36.4 Å². The van der Waals surface area contributed by atoms with Crippen LogP contribution in [0.5, 0.6) is 11.5 Å². The third-order valence-electron chi connectivity index (χ3n) is 4.79. The monoisotopic (exact) mass is 448 g/mol. The van der Waals surface area contributed by atoms with Crippen molar-refractivity contribution in [2.24, 2.45) is 0 Å². The van der Waals surface area contributed by atoms with E-state index >= 15 is 0 Å². The summed E-state index contributed by atoms with van der Waals surface area (Å²) in [6.45, 7) is 0.582. The summed E-state index contributed by atoms with van der Waals surface area (Å²) < 4.78 is 6.15. The zero-order valence-electron chi connectivity index (χ0n) is 16.3. The Bertz CT molecular complexity index is 1250. The number of para-hydroxylation sites is 1. The van der Waals surface area contributed by atoms with E-state index in [1.807, 2.05) is 47.8 Å². The highest BCUT2D eigenvalue weighted by Crippen LogP contribution is 2.44. The number of carbonyl (C=O) groups excluding carboxylic acids is 1. The van der Waals surface area contributed by atoms with E-state index in [9.17, 15) is 4.79 Å². The van der Waals surface area contributed by atoms with Crippen LogP contribution in [0.3, 0.4) is 0 Å². The van der Waals surface area contributed by atoms with Gasteiger partial charge in [-0.2, -0.15) is 0 Å². The van der Waals surface area contributed by atoms with Crippen molar-refractivity contribution < 1.29 is 9.53 Å². The number of ether oxygens (including phenoxy) is 1. The molecule has 3 heterocycles. The molecular formula is C23H17ClN4O2S. The lowest BCUT2D eigenvalue weighted by atomic mass is 10.2. The zero-order valence-corrected chi connectivity index (χ0v) is 17.9. The van der Waals surface area contributed by atoms with Gasteiger partial charge < -0.3 is 15.0 Å². The molecular weight excluding hydrogens is 432 g/mol. The Hall–Kier alpha value is -3.42. The SMILES string of the molecule is O=C(Cc1csc(N2Cc3ccccc3Oc3ccc(Cl)cc32)n1)Nc1cccnc1. The van der Waals surface area contributed by atoms with Gasteiger partial charge in [-0.25, -0.2) is 4.98 Å². The molecule has 8 heteroatoms. The highest BCUT2D eigenvalue weighted by Gasteiger charge is 2.24. The van der Waals surface area contributed by atoms with Crippen molar-refractivity contribution in [2.75, 3.05) is 10.2 Å². The first kappa shape index (κ1) is 19.5. The molecule has 0 bridgehead atoms. The second-order valence-electron chi connectivity index (χ2n) is 7.00. The fraction of sp³-hybridized carbons (Fsp3) is 0.0870. The van der Waals surface area contributed by atoms with Gasteiger partial charge in [0, 0.05) is 22.2 Å². The van der Waals surface area contributed by atoms with Crippen LogP contribution < -0.4 is 15.0 Å². The third kappa shape index (κ3) is 4.23. The molecule has 0 aliphatic carbocycles. The van der Waals surface area contributed by atoms with E-state index in [4.69, 9.17) is 21.3 Å². The minimum atomic E-state index is -0.141. The summed E-state index contributed by atoms with van der Waals surface area (Å²) in [7, 11) is 0. The number of benzene rings is 2. The maximum absolute atomic E-state index is 12.4. The van der Waals surface area contributed by atoms with E-state index in [-0.39, 0.29) is 12.3 Å². The van der Waals surface area contributed by atoms with Crippen LogP contribution in [0.4, 0.5) is 16.5 Å². The van der Waals surface area contributed by atoms with Crippen LogP contribution >= 0.6 is 22.9 Å². The molecule has 0 saturated heterocycles. The number of carbonyl (C=O) groups is 1. The first-order valence-corrected chi connectivity index (χ1v) is 10.9. The number of aromatic nitrogens is 2. The van der Waals surface area contributed by atoms with Gasteiger partial charge in [0.1, 0.15) is 5.75 Å². The van der Waals surface area contributed by atoms with Crippen LogP contribution in [0.1, 0.15) is 11.3 Å². The molecule has 154 valence electrons. The van der Waals surface area contributed by atoms with Gasteiger partial charge in [0.15, 0.2) is 10.9 Å². The Morgan fingerprint density at radius 2 is 2.06 bits per heavy atom. The summed E-state index contributed by atoms with van der Waals surface area (Å²) in [5, 5.41) is 6.13. The van der Waals surface area contributed by atoms with E-state index in [1.165, 1.54) is 11.3 Å². The summed E-state index contributed by atoms with van der Waals surface area (Å²) >= 11 is 7.77. The number of hydrogen-bond donors (Lipinski definition) is 1. The lowest BCUT2D eigenvalue weighted by molar-refractivity contribution is -0.115.